The van der Waals surface area contributed by atoms with E-state index in [1.54, 1.807) is 24.1 Å². The number of nitriles is 1. The summed E-state index contributed by atoms with van der Waals surface area (Å²) in [6.45, 7) is 0.624. The van der Waals surface area contributed by atoms with Gasteiger partial charge in [-0.25, -0.2) is 4.39 Å². The smallest absolute Gasteiger partial charge is 0.165 e. The highest BCUT2D eigenvalue weighted by atomic mass is 19.1. The lowest BCUT2D eigenvalue weighted by molar-refractivity contribution is -0.119. The van der Waals surface area contributed by atoms with Crippen LogP contribution in [0.5, 0.6) is 5.75 Å². The van der Waals surface area contributed by atoms with Crippen LogP contribution >= 0.6 is 0 Å². The van der Waals surface area contributed by atoms with Crippen LogP contribution in [0.1, 0.15) is 12.0 Å². The number of halogens is 1. The Morgan fingerprint density at radius 1 is 1.56 bits per heavy atom. The minimum absolute atomic E-state index is 0.0959. The highest BCUT2D eigenvalue weighted by Gasteiger charge is 2.09. The molecule has 1 rings (SSSR count). The van der Waals surface area contributed by atoms with Gasteiger partial charge in [-0.05, 0) is 24.7 Å². The summed E-state index contributed by atoms with van der Waals surface area (Å²) in [5.41, 5.74) is 0.751. The van der Waals surface area contributed by atoms with Crippen LogP contribution in [0.4, 0.5) is 4.39 Å². The number of hydrogen-bond acceptors (Lipinski definition) is 4. The summed E-state index contributed by atoms with van der Waals surface area (Å²) in [6.07, 6.45) is -0.0959. The van der Waals surface area contributed by atoms with E-state index in [2.05, 4.69) is 0 Å². The van der Waals surface area contributed by atoms with Gasteiger partial charge in [0.05, 0.1) is 26.1 Å². The Morgan fingerprint density at radius 3 is 2.83 bits per heavy atom. The zero-order chi connectivity index (χ0) is 13.5. The molecule has 0 spiro atoms. The van der Waals surface area contributed by atoms with Crippen molar-refractivity contribution in [1.29, 1.82) is 5.26 Å². The average Bonchev–Trinajstić information content (AvgIpc) is 2.29. The van der Waals surface area contributed by atoms with E-state index < -0.39 is 5.82 Å². The summed E-state index contributed by atoms with van der Waals surface area (Å²) < 4.78 is 18.3. The number of nitrogens with zero attached hydrogens (tertiary/aromatic N) is 2. The van der Waals surface area contributed by atoms with Crippen LogP contribution in [0.3, 0.4) is 0 Å². The van der Waals surface area contributed by atoms with Gasteiger partial charge in [0.1, 0.15) is 0 Å². The van der Waals surface area contributed by atoms with Gasteiger partial charge in [-0.2, -0.15) is 5.26 Å². The molecule has 96 valence electrons. The summed E-state index contributed by atoms with van der Waals surface area (Å²) >= 11 is 0. The van der Waals surface area contributed by atoms with Crippen LogP contribution in [0.25, 0.3) is 0 Å². The minimum atomic E-state index is -0.424. The number of ether oxygens (including phenoxy) is 1. The van der Waals surface area contributed by atoms with E-state index in [9.17, 15) is 9.18 Å². The zero-order valence-electron chi connectivity index (χ0n) is 10.4. The maximum absolute atomic E-state index is 13.4. The summed E-state index contributed by atoms with van der Waals surface area (Å²) in [4.78, 5) is 13.0. The number of likely N-dealkylation sites (N-methyl/N-ethyl adjacent to an activating group) is 1. The third-order valence-electron chi connectivity index (χ3n) is 2.39. The van der Waals surface area contributed by atoms with Crippen LogP contribution in [-0.2, 0) is 11.3 Å². The van der Waals surface area contributed by atoms with E-state index in [-0.39, 0.29) is 24.5 Å². The van der Waals surface area contributed by atoms with Crippen molar-refractivity contribution in [1.82, 2.24) is 4.90 Å². The molecule has 1 aromatic rings. The molecule has 0 aliphatic heterocycles. The standard InChI is InChI=1S/C13H15FN2O2/c1-16(9-11(17)5-6-15)8-10-3-4-13(18-2)12(14)7-10/h3-4,7H,5,8-9H2,1-2H3. The van der Waals surface area contributed by atoms with Crippen LogP contribution in [0, 0.1) is 17.1 Å². The SMILES string of the molecule is COc1ccc(CN(C)CC(=O)CC#N)cc1F. The monoisotopic (exact) mass is 250 g/mol. The van der Waals surface area contributed by atoms with E-state index in [1.165, 1.54) is 13.2 Å². The molecule has 0 saturated heterocycles. The Morgan fingerprint density at radius 2 is 2.28 bits per heavy atom. The molecule has 1 aromatic carbocycles. The molecule has 0 aliphatic carbocycles. The summed E-state index contributed by atoms with van der Waals surface area (Å²) in [6, 6.07) is 6.48. The van der Waals surface area contributed by atoms with Gasteiger partial charge in [-0.3, -0.25) is 9.69 Å². The third-order valence-corrected chi connectivity index (χ3v) is 2.39. The largest absolute Gasteiger partial charge is 0.494 e. The lowest BCUT2D eigenvalue weighted by Crippen LogP contribution is -2.25. The summed E-state index contributed by atoms with van der Waals surface area (Å²) in [5, 5.41) is 8.38. The molecule has 0 aliphatic rings. The number of methoxy groups -OCH3 is 1. The van der Waals surface area contributed by atoms with Crippen LogP contribution in [0.15, 0.2) is 18.2 Å². The van der Waals surface area contributed by atoms with Gasteiger partial charge in [0, 0.05) is 6.54 Å². The number of carbonyl (C=O) groups excluding carboxylic acids is 1. The Kier molecular flexibility index (Phi) is 5.28. The average molecular weight is 250 g/mol. The second-order valence-corrected chi connectivity index (χ2v) is 4.01. The van der Waals surface area contributed by atoms with Gasteiger partial charge in [0.25, 0.3) is 0 Å². The van der Waals surface area contributed by atoms with Crippen molar-refractivity contribution in [3.8, 4) is 11.8 Å². The Bertz CT molecular complexity index is 469. The van der Waals surface area contributed by atoms with Gasteiger partial charge in [0.2, 0.25) is 0 Å². The van der Waals surface area contributed by atoms with Crippen LogP contribution < -0.4 is 4.74 Å². The summed E-state index contributed by atoms with van der Waals surface area (Å²) in [5.74, 6) is -0.373. The van der Waals surface area contributed by atoms with Crippen molar-refractivity contribution < 1.29 is 13.9 Å². The van der Waals surface area contributed by atoms with Gasteiger partial charge in [0.15, 0.2) is 17.3 Å². The molecule has 0 radical (unpaired) electrons. The lowest BCUT2D eigenvalue weighted by Gasteiger charge is -2.15. The van der Waals surface area contributed by atoms with Crippen molar-refractivity contribution >= 4 is 5.78 Å². The summed E-state index contributed by atoms with van der Waals surface area (Å²) in [7, 11) is 3.15. The molecule has 0 N–H and O–H groups in total. The van der Waals surface area contributed by atoms with E-state index >= 15 is 0 Å². The van der Waals surface area contributed by atoms with Gasteiger partial charge in [-0.1, -0.05) is 6.07 Å². The number of ketones is 1. The number of Topliss-reactive ketones (excluding diaryl/α,β-unsaturated/α-hetero) is 1. The number of benzene rings is 1. The predicted octanol–water partition coefficient (Wildman–Crippen LogP) is 1.75. The van der Waals surface area contributed by atoms with E-state index in [0.717, 1.165) is 5.56 Å². The van der Waals surface area contributed by atoms with Crippen molar-refractivity contribution in [3.63, 3.8) is 0 Å². The molecule has 0 atom stereocenters. The molecule has 5 heteroatoms. The first-order chi connectivity index (χ1) is 8.56. The molecule has 0 aromatic heterocycles. The van der Waals surface area contributed by atoms with Gasteiger partial charge in [-0.15, -0.1) is 0 Å². The highest BCUT2D eigenvalue weighted by Crippen LogP contribution is 2.18. The minimum Gasteiger partial charge on any atom is -0.494 e. The Balaban J connectivity index is 2.60. The van der Waals surface area contributed by atoms with E-state index in [1.807, 2.05) is 6.07 Å². The van der Waals surface area contributed by atoms with Crippen LogP contribution in [0.2, 0.25) is 0 Å². The normalized spacial score (nSPS) is 10.2. The maximum atomic E-state index is 13.4. The lowest BCUT2D eigenvalue weighted by atomic mass is 10.2. The molecule has 4 nitrogen and oxygen atoms in total. The van der Waals surface area contributed by atoms with Crippen molar-refractivity contribution in [2.24, 2.45) is 0 Å². The van der Waals surface area contributed by atoms with E-state index in [0.29, 0.717) is 6.54 Å². The molecule has 18 heavy (non-hydrogen) atoms. The fourth-order valence-corrected chi connectivity index (χ4v) is 1.62. The van der Waals surface area contributed by atoms with Crippen molar-refractivity contribution in [3.05, 3.63) is 29.6 Å². The fourth-order valence-electron chi connectivity index (χ4n) is 1.62. The second kappa shape index (κ2) is 6.72. The molecule has 0 saturated carbocycles. The van der Waals surface area contributed by atoms with Gasteiger partial charge < -0.3 is 4.74 Å². The van der Waals surface area contributed by atoms with Crippen molar-refractivity contribution in [2.45, 2.75) is 13.0 Å². The molecule has 0 fully saturated rings. The van der Waals surface area contributed by atoms with Crippen LogP contribution in [-0.4, -0.2) is 31.4 Å². The zero-order valence-corrected chi connectivity index (χ0v) is 10.4. The maximum Gasteiger partial charge on any atom is 0.165 e. The molecule has 0 amide bonds. The topological polar surface area (TPSA) is 53.3 Å². The first-order valence-corrected chi connectivity index (χ1v) is 5.46. The first kappa shape index (κ1) is 14.1. The second-order valence-electron chi connectivity index (χ2n) is 4.01. The molecular weight excluding hydrogens is 235 g/mol. The molecule has 0 unspecified atom stereocenters. The number of rotatable bonds is 6. The van der Waals surface area contributed by atoms with Crippen molar-refractivity contribution in [2.75, 3.05) is 20.7 Å². The third kappa shape index (κ3) is 4.15. The number of carbonyl (C=O) groups is 1. The van der Waals surface area contributed by atoms with E-state index in [4.69, 9.17) is 10.00 Å². The first-order valence-electron chi connectivity index (χ1n) is 5.46. The van der Waals surface area contributed by atoms with Gasteiger partial charge >= 0.3 is 0 Å². The fraction of sp³-hybridized carbons (Fsp3) is 0.385. The molecule has 0 heterocycles. The quantitative estimate of drug-likeness (QED) is 0.771. The molecular formula is C13H15FN2O2. The number of hydrogen-bond donors (Lipinski definition) is 0. The highest BCUT2D eigenvalue weighted by molar-refractivity contribution is 5.82. The Labute approximate surface area is 106 Å². The Hall–Kier alpha value is -1.93. The predicted molar refractivity (Wildman–Crippen MR) is 64.5 cm³/mol. The molecule has 0 bridgehead atoms.